The number of fused-ring (bicyclic) bond motifs is 2. The first kappa shape index (κ1) is 24.5. The van der Waals surface area contributed by atoms with Gasteiger partial charge in [0.2, 0.25) is 5.91 Å². The zero-order valence-electron chi connectivity index (χ0n) is 20.1. The second-order valence-corrected chi connectivity index (χ2v) is 9.71. The standard InChI is InChI=1S/C25H27F3N4O4/c1-30-20-4-3-16(9-21(20)36-23(30)34)12-31-8-6-24(14-31,15-35-2)22(33)32-7-5-19-17(13-32)10-18(11-29-19)25(26,27)28/h3-4,9-11H,5-8,12-15H2,1-2H3/t24-/m1/s1. The summed E-state index contributed by atoms with van der Waals surface area (Å²) in [5.74, 6) is -0.534. The molecule has 192 valence electrons. The Kier molecular flexibility index (Phi) is 6.16. The van der Waals surface area contributed by atoms with Gasteiger partial charge in [-0.3, -0.25) is 19.2 Å². The summed E-state index contributed by atoms with van der Waals surface area (Å²) in [7, 11) is 3.20. The van der Waals surface area contributed by atoms with Gasteiger partial charge in [0.15, 0.2) is 5.58 Å². The highest BCUT2D eigenvalue weighted by atomic mass is 19.4. The topological polar surface area (TPSA) is 80.8 Å². The monoisotopic (exact) mass is 504 g/mol. The van der Waals surface area contributed by atoms with E-state index in [4.69, 9.17) is 9.15 Å². The van der Waals surface area contributed by atoms with Gasteiger partial charge in [-0.15, -0.1) is 0 Å². The van der Waals surface area contributed by atoms with Crippen LogP contribution in [0.1, 0.15) is 28.8 Å². The Morgan fingerprint density at radius 2 is 2.06 bits per heavy atom. The summed E-state index contributed by atoms with van der Waals surface area (Å²) in [6, 6.07) is 6.71. The van der Waals surface area contributed by atoms with Crippen LogP contribution in [-0.4, -0.2) is 58.6 Å². The fourth-order valence-corrected chi connectivity index (χ4v) is 5.35. The van der Waals surface area contributed by atoms with E-state index in [2.05, 4.69) is 9.88 Å². The number of ether oxygens (including phenoxy) is 1. The molecule has 2 aliphatic heterocycles. The van der Waals surface area contributed by atoms with Crippen molar-refractivity contribution in [2.24, 2.45) is 12.5 Å². The molecule has 2 aliphatic rings. The molecule has 3 aromatic rings. The van der Waals surface area contributed by atoms with Gasteiger partial charge in [-0.2, -0.15) is 13.2 Å². The molecule has 0 bridgehead atoms. The Morgan fingerprint density at radius 1 is 1.25 bits per heavy atom. The first-order valence-electron chi connectivity index (χ1n) is 11.7. The molecule has 2 aromatic heterocycles. The number of carbonyl (C=O) groups excluding carboxylic acids is 1. The van der Waals surface area contributed by atoms with E-state index in [1.807, 2.05) is 18.2 Å². The van der Waals surface area contributed by atoms with E-state index >= 15 is 0 Å². The van der Waals surface area contributed by atoms with Gasteiger partial charge in [0.25, 0.3) is 0 Å². The maximum atomic E-state index is 13.7. The van der Waals surface area contributed by atoms with Gasteiger partial charge in [0.05, 0.1) is 23.1 Å². The molecule has 1 saturated heterocycles. The molecule has 0 unspecified atom stereocenters. The summed E-state index contributed by atoms with van der Waals surface area (Å²) in [5, 5.41) is 0. The summed E-state index contributed by atoms with van der Waals surface area (Å²) < 4.78 is 51.8. The van der Waals surface area contributed by atoms with Crippen LogP contribution in [0.15, 0.2) is 39.7 Å². The maximum Gasteiger partial charge on any atom is 0.419 e. The van der Waals surface area contributed by atoms with Crippen molar-refractivity contribution in [3.8, 4) is 0 Å². The minimum Gasteiger partial charge on any atom is -0.408 e. The number of methoxy groups -OCH3 is 1. The fourth-order valence-electron chi connectivity index (χ4n) is 5.35. The summed E-state index contributed by atoms with van der Waals surface area (Å²) in [6.07, 6.45) is -2.64. The number of oxazole rings is 1. The van der Waals surface area contributed by atoms with E-state index in [1.54, 1.807) is 19.1 Å². The Hall–Kier alpha value is -3.18. The van der Waals surface area contributed by atoms with Crippen LogP contribution in [0.3, 0.4) is 0 Å². The molecule has 1 amide bonds. The fraction of sp³-hybridized carbons (Fsp3) is 0.480. The van der Waals surface area contributed by atoms with Crippen molar-refractivity contribution < 1.29 is 27.1 Å². The number of nitrogens with zero attached hydrogens (tertiary/aromatic N) is 4. The smallest absolute Gasteiger partial charge is 0.408 e. The lowest BCUT2D eigenvalue weighted by molar-refractivity contribution is -0.145. The molecule has 0 radical (unpaired) electrons. The van der Waals surface area contributed by atoms with Crippen LogP contribution in [0.2, 0.25) is 0 Å². The van der Waals surface area contributed by atoms with Gasteiger partial charge >= 0.3 is 11.9 Å². The molecule has 4 heterocycles. The largest absolute Gasteiger partial charge is 0.419 e. The number of halogens is 3. The van der Waals surface area contributed by atoms with E-state index in [9.17, 15) is 22.8 Å². The van der Waals surface area contributed by atoms with Crippen LogP contribution >= 0.6 is 0 Å². The van der Waals surface area contributed by atoms with Crippen molar-refractivity contribution in [2.45, 2.75) is 32.1 Å². The van der Waals surface area contributed by atoms with Crippen molar-refractivity contribution in [3.05, 3.63) is 63.4 Å². The van der Waals surface area contributed by atoms with Gasteiger partial charge in [0.1, 0.15) is 0 Å². The number of pyridine rings is 1. The Morgan fingerprint density at radius 3 is 2.81 bits per heavy atom. The molecule has 0 saturated carbocycles. The Bertz CT molecular complexity index is 1370. The van der Waals surface area contributed by atoms with Crippen LogP contribution < -0.4 is 5.76 Å². The molecular weight excluding hydrogens is 477 g/mol. The van der Waals surface area contributed by atoms with Crippen molar-refractivity contribution in [2.75, 3.05) is 33.4 Å². The van der Waals surface area contributed by atoms with E-state index in [0.717, 1.165) is 17.8 Å². The van der Waals surface area contributed by atoms with E-state index in [1.165, 1.54) is 4.57 Å². The Labute approximate surface area is 205 Å². The van der Waals surface area contributed by atoms with Crippen LogP contribution in [-0.2, 0) is 42.3 Å². The normalized spacial score (nSPS) is 20.8. The second-order valence-electron chi connectivity index (χ2n) is 9.71. The summed E-state index contributed by atoms with van der Waals surface area (Å²) in [5.41, 5.74) is 1.62. The van der Waals surface area contributed by atoms with Crippen molar-refractivity contribution in [3.63, 3.8) is 0 Å². The molecule has 1 fully saturated rings. The molecule has 0 N–H and O–H groups in total. The minimum atomic E-state index is -4.48. The number of carbonyl (C=O) groups is 1. The highest BCUT2D eigenvalue weighted by Gasteiger charge is 2.47. The summed E-state index contributed by atoms with van der Waals surface area (Å²) in [4.78, 5) is 33.3. The van der Waals surface area contributed by atoms with Crippen molar-refractivity contribution in [1.29, 1.82) is 0 Å². The van der Waals surface area contributed by atoms with Gasteiger partial charge in [-0.25, -0.2) is 4.79 Å². The number of hydrogen-bond donors (Lipinski definition) is 0. The third kappa shape index (κ3) is 4.41. The molecule has 1 aromatic carbocycles. The number of aromatic nitrogens is 2. The lowest BCUT2D eigenvalue weighted by Gasteiger charge is -2.36. The zero-order valence-corrected chi connectivity index (χ0v) is 20.1. The highest BCUT2D eigenvalue weighted by molar-refractivity contribution is 5.84. The van der Waals surface area contributed by atoms with Crippen LogP contribution in [0.25, 0.3) is 11.1 Å². The lowest BCUT2D eigenvalue weighted by atomic mass is 9.85. The molecule has 8 nitrogen and oxygen atoms in total. The van der Waals surface area contributed by atoms with Gasteiger partial charge in [0, 0.05) is 58.6 Å². The van der Waals surface area contributed by atoms with Crippen LogP contribution in [0.5, 0.6) is 0 Å². The maximum absolute atomic E-state index is 13.7. The number of alkyl halides is 3. The SMILES string of the molecule is COC[C@@]1(C(=O)N2CCc3ncc(C(F)(F)F)cc3C2)CCN(Cc2ccc3c(c2)oc(=O)n3C)C1. The zero-order chi connectivity index (χ0) is 25.7. The average molecular weight is 505 g/mol. The van der Waals surface area contributed by atoms with E-state index in [-0.39, 0.29) is 19.1 Å². The average Bonchev–Trinajstić information content (AvgIpc) is 3.38. The molecular formula is C25H27F3N4O4. The summed E-state index contributed by atoms with van der Waals surface area (Å²) >= 11 is 0. The molecule has 11 heteroatoms. The molecule has 5 rings (SSSR count). The number of rotatable bonds is 5. The number of hydrogen-bond acceptors (Lipinski definition) is 6. The van der Waals surface area contributed by atoms with Crippen molar-refractivity contribution in [1.82, 2.24) is 19.4 Å². The minimum absolute atomic E-state index is 0.0975. The molecule has 1 atom stereocenters. The van der Waals surface area contributed by atoms with E-state index in [0.29, 0.717) is 61.4 Å². The molecule has 0 aliphatic carbocycles. The first-order chi connectivity index (χ1) is 17.1. The number of amides is 1. The molecule has 0 spiro atoms. The number of aryl methyl sites for hydroxylation is 1. The van der Waals surface area contributed by atoms with Gasteiger partial charge in [-0.05, 0) is 42.3 Å². The Balaban J connectivity index is 1.32. The summed E-state index contributed by atoms with van der Waals surface area (Å²) in [6.45, 7) is 2.41. The van der Waals surface area contributed by atoms with Crippen molar-refractivity contribution >= 4 is 17.0 Å². The third-order valence-corrected chi connectivity index (χ3v) is 7.22. The van der Waals surface area contributed by atoms with Crippen LogP contribution in [0.4, 0.5) is 13.2 Å². The predicted molar refractivity (Wildman–Crippen MR) is 124 cm³/mol. The van der Waals surface area contributed by atoms with Gasteiger partial charge in [-0.1, -0.05) is 6.07 Å². The highest BCUT2D eigenvalue weighted by Crippen LogP contribution is 2.36. The molecule has 36 heavy (non-hydrogen) atoms. The van der Waals surface area contributed by atoms with Gasteiger partial charge < -0.3 is 14.1 Å². The lowest BCUT2D eigenvalue weighted by Crippen LogP contribution is -2.49. The number of benzene rings is 1. The number of likely N-dealkylation sites (tertiary alicyclic amines) is 1. The quantitative estimate of drug-likeness (QED) is 0.532. The van der Waals surface area contributed by atoms with E-state index < -0.39 is 22.9 Å². The van der Waals surface area contributed by atoms with Crippen LogP contribution in [0, 0.1) is 5.41 Å². The first-order valence-corrected chi connectivity index (χ1v) is 11.7. The third-order valence-electron chi connectivity index (χ3n) is 7.22. The predicted octanol–water partition coefficient (Wildman–Crippen LogP) is 2.97. The second kappa shape index (κ2) is 9.04.